The molecule has 2 saturated heterocycles. The fraction of sp³-hybridized carbons (Fsp3) is 0.619. The third-order valence-corrected chi connectivity index (χ3v) is 6.26. The van der Waals surface area contributed by atoms with Crippen molar-refractivity contribution in [3.05, 3.63) is 23.8 Å². The van der Waals surface area contributed by atoms with Gasteiger partial charge in [-0.25, -0.2) is 0 Å². The summed E-state index contributed by atoms with van der Waals surface area (Å²) in [5.41, 5.74) is 0.556. The number of benzene rings is 1. The molecule has 0 aromatic heterocycles. The Morgan fingerprint density at radius 3 is 2.70 bits per heavy atom. The van der Waals surface area contributed by atoms with E-state index in [4.69, 9.17) is 9.47 Å². The number of carbonyl (C=O) groups excluding carboxylic acids is 2. The molecule has 2 heterocycles. The summed E-state index contributed by atoms with van der Waals surface area (Å²) in [4.78, 5) is 29.7. The molecule has 1 saturated carbocycles. The molecule has 4 rings (SSSR count). The molecule has 0 unspecified atom stereocenters. The second-order valence-corrected chi connectivity index (χ2v) is 8.05. The standard InChI is InChI=1S/C21H28N2O4/c1-26-17-6-3-5-16(18(17)27-2)13-22-11-4-9-21(20(22)25)10-12-23(14-21)19(24)15-7-8-15/h3,5-6,15H,4,7-14H2,1-2H3/t21-/m0/s1. The summed E-state index contributed by atoms with van der Waals surface area (Å²) in [5, 5.41) is 0. The summed E-state index contributed by atoms with van der Waals surface area (Å²) < 4.78 is 10.9. The third kappa shape index (κ3) is 3.26. The van der Waals surface area contributed by atoms with E-state index in [2.05, 4.69) is 0 Å². The molecule has 0 bridgehead atoms. The van der Waals surface area contributed by atoms with Crippen LogP contribution in [0.3, 0.4) is 0 Å². The van der Waals surface area contributed by atoms with Gasteiger partial charge >= 0.3 is 0 Å². The number of hydrogen-bond acceptors (Lipinski definition) is 4. The Kier molecular flexibility index (Phi) is 4.74. The number of ether oxygens (including phenoxy) is 2. The fourth-order valence-electron chi connectivity index (χ4n) is 4.61. The molecule has 2 aliphatic heterocycles. The number of piperidine rings is 1. The van der Waals surface area contributed by atoms with Crippen LogP contribution in [0, 0.1) is 11.3 Å². The average molecular weight is 372 g/mol. The third-order valence-electron chi connectivity index (χ3n) is 6.26. The van der Waals surface area contributed by atoms with E-state index in [1.165, 1.54) is 0 Å². The Hall–Kier alpha value is -2.24. The molecule has 0 N–H and O–H groups in total. The minimum Gasteiger partial charge on any atom is -0.493 e. The second kappa shape index (κ2) is 7.06. The van der Waals surface area contributed by atoms with Crippen molar-refractivity contribution in [2.24, 2.45) is 11.3 Å². The van der Waals surface area contributed by atoms with Gasteiger partial charge in [0.25, 0.3) is 0 Å². The quantitative estimate of drug-likeness (QED) is 0.797. The molecule has 3 fully saturated rings. The van der Waals surface area contributed by atoms with E-state index in [0.29, 0.717) is 24.6 Å². The number of amides is 2. The maximum absolute atomic E-state index is 13.4. The lowest BCUT2D eigenvalue weighted by atomic mass is 9.78. The Morgan fingerprint density at radius 2 is 2.00 bits per heavy atom. The first kappa shape index (κ1) is 18.1. The lowest BCUT2D eigenvalue weighted by molar-refractivity contribution is -0.147. The molecule has 146 valence electrons. The van der Waals surface area contributed by atoms with Gasteiger partial charge in [-0.05, 0) is 38.2 Å². The van der Waals surface area contributed by atoms with Crippen molar-refractivity contribution in [3.63, 3.8) is 0 Å². The van der Waals surface area contributed by atoms with Crippen molar-refractivity contribution < 1.29 is 19.1 Å². The van der Waals surface area contributed by atoms with Gasteiger partial charge in [-0.1, -0.05) is 12.1 Å². The molecule has 1 aromatic rings. The monoisotopic (exact) mass is 372 g/mol. The van der Waals surface area contributed by atoms with Crippen LogP contribution in [-0.4, -0.2) is 55.5 Å². The summed E-state index contributed by atoms with van der Waals surface area (Å²) >= 11 is 0. The first-order valence-corrected chi connectivity index (χ1v) is 9.86. The van der Waals surface area contributed by atoms with Crippen LogP contribution in [0.1, 0.15) is 37.7 Å². The van der Waals surface area contributed by atoms with E-state index in [1.807, 2.05) is 28.0 Å². The van der Waals surface area contributed by atoms with E-state index in [9.17, 15) is 9.59 Å². The Labute approximate surface area is 160 Å². The van der Waals surface area contributed by atoms with E-state index in [1.54, 1.807) is 14.2 Å². The number of carbonyl (C=O) groups is 2. The van der Waals surface area contributed by atoms with Crippen LogP contribution >= 0.6 is 0 Å². The van der Waals surface area contributed by atoms with E-state index >= 15 is 0 Å². The molecule has 0 radical (unpaired) electrons. The van der Waals surface area contributed by atoms with Crippen molar-refractivity contribution in [1.29, 1.82) is 0 Å². The van der Waals surface area contributed by atoms with Gasteiger partial charge in [0.05, 0.1) is 19.6 Å². The van der Waals surface area contributed by atoms with Crippen LogP contribution in [0.5, 0.6) is 11.5 Å². The molecule has 3 aliphatic rings. The van der Waals surface area contributed by atoms with Gasteiger partial charge in [0.1, 0.15) is 0 Å². The predicted octanol–water partition coefficient (Wildman–Crippen LogP) is 2.45. The Morgan fingerprint density at radius 1 is 1.19 bits per heavy atom. The van der Waals surface area contributed by atoms with E-state index < -0.39 is 5.41 Å². The maximum atomic E-state index is 13.4. The Balaban J connectivity index is 1.50. The number of rotatable bonds is 5. The van der Waals surface area contributed by atoms with Crippen molar-refractivity contribution in [1.82, 2.24) is 9.80 Å². The highest BCUT2D eigenvalue weighted by Gasteiger charge is 2.50. The highest BCUT2D eigenvalue weighted by Crippen LogP contribution is 2.43. The van der Waals surface area contributed by atoms with Gasteiger partial charge in [-0.2, -0.15) is 0 Å². The smallest absolute Gasteiger partial charge is 0.230 e. The number of para-hydroxylation sites is 1. The summed E-state index contributed by atoms with van der Waals surface area (Å²) in [6.45, 7) is 2.57. The molecule has 6 nitrogen and oxygen atoms in total. The zero-order chi connectivity index (χ0) is 19.0. The molecule has 27 heavy (non-hydrogen) atoms. The normalized spacial score (nSPS) is 25.2. The van der Waals surface area contributed by atoms with Crippen LogP contribution < -0.4 is 9.47 Å². The average Bonchev–Trinajstić information content (AvgIpc) is 3.45. The van der Waals surface area contributed by atoms with Crippen LogP contribution in [0.25, 0.3) is 0 Å². The summed E-state index contributed by atoms with van der Waals surface area (Å²) in [6.07, 6.45) is 4.67. The van der Waals surface area contributed by atoms with Crippen LogP contribution in [0.2, 0.25) is 0 Å². The summed E-state index contributed by atoms with van der Waals surface area (Å²) in [7, 11) is 3.24. The van der Waals surface area contributed by atoms with Gasteiger partial charge in [0.2, 0.25) is 11.8 Å². The largest absolute Gasteiger partial charge is 0.493 e. The number of nitrogens with zero attached hydrogens (tertiary/aromatic N) is 2. The lowest BCUT2D eigenvalue weighted by Gasteiger charge is -2.39. The lowest BCUT2D eigenvalue weighted by Crippen LogP contribution is -2.50. The molecule has 1 aromatic carbocycles. The Bertz CT molecular complexity index is 746. The first-order chi connectivity index (χ1) is 13.1. The van der Waals surface area contributed by atoms with Crippen LogP contribution in [0.4, 0.5) is 0 Å². The molecule has 1 spiro atoms. The summed E-state index contributed by atoms with van der Waals surface area (Å²) in [6, 6.07) is 5.76. The second-order valence-electron chi connectivity index (χ2n) is 8.05. The number of methoxy groups -OCH3 is 2. The fourth-order valence-corrected chi connectivity index (χ4v) is 4.61. The van der Waals surface area contributed by atoms with E-state index in [0.717, 1.165) is 50.8 Å². The van der Waals surface area contributed by atoms with Crippen LogP contribution in [0.15, 0.2) is 18.2 Å². The highest BCUT2D eigenvalue weighted by atomic mass is 16.5. The van der Waals surface area contributed by atoms with Gasteiger partial charge < -0.3 is 19.3 Å². The zero-order valence-corrected chi connectivity index (χ0v) is 16.2. The number of likely N-dealkylation sites (tertiary alicyclic amines) is 2. The summed E-state index contributed by atoms with van der Waals surface area (Å²) in [5.74, 6) is 2.02. The number of hydrogen-bond donors (Lipinski definition) is 0. The van der Waals surface area contributed by atoms with Crippen LogP contribution in [-0.2, 0) is 16.1 Å². The van der Waals surface area contributed by atoms with Gasteiger partial charge in [-0.15, -0.1) is 0 Å². The minimum atomic E-state index is -0.394. The maximum Gasteiger partial charge on any atom is 0.230 e. The first-order valence-electron chi connectivity index (χ1n) is 9.86. The molecule has 1 aliphatic carbocycles. The SMILES string of the molecule is COc1cccc(CN2CCC[C@@]3(CCN(C(=O)C4CC4)C3)C2=O)c1OC. The molecule has 6 heteroatoms. The molecule has 2 amide bonds. The van der Waals surface area contributed by atoms with Gasteiger partial charge in [0.15, 0.2) is 11.5 Å². The van der Waals surface area contributed by atoms with E-state index in [-0.39, 0.29) is 17.7 Å². The molecular weight excluding hydrogens is 344 g/mol. The van der Waals surface area contributed by atoms with Gasteiger partial charge in [0, 0.05) is 37.7 Å². The minimum absolute atomic E-state index is 0.185. The van der Waals surface area contributed by atoms with Crippen molar-refractivity contribution in [2.45, 2.75) is 38.6 Å². The topological polar surface area (TPSA) is 59.1 Å². The van der Waals surface area contributed by atoms with Crippen molar-refractivity contribution in [2.75, 3.05) is 33.9 Å². The predicted molar refractivity (Wildman–Crippen MR) is 101 cm³/mol. The highest BCUT2D eigenvalue weighted by molar-refractivity contribution is 5.87. The molecule has 1 atom stereocenters. The molecular formula is C21H28N2O4. The van der Waals surface area contributed by atoms with Crippen molar-refractivity contribution >= 4 is 11.8 Å². The van der Waals surface area contributed by atoms with Crippen molar-refractivity contribution in [3.8, 4) is 11.5 Å². The zero-order valence-electron chi connectivity index (χ0n) is 16.2. The van der Waals surface area contributed by atoms with Gasteiger partial charge in [-0.3, -0.25) is 9.59 Å².